The molecule has 7 nitrogen and oxygen atoms in total. The molecule has 0 saturated carbocycles. The van der Waals surface area contributed by atoms with E-state index in [1.54, 1.807) is 24.9 Å². The lowest BCUT2D eigenvalue weighted by molar-refractivity contribution is -0.122. The highest BCUT2D eigenvalue weighted by atomic mass is 32.2. The van der Waals surface area contributed by atoms with E-state index in [0.717, 1.165) is 12.8 Å². The van der Waals surface area contributed by atoms with Crippen LogP contribution in [0.4, 0.5) is 5.82 Å². The average molecular weight is 523 g/mol. The summed E-state index contributed by atoms with van der Waals surface area (Å²) in [5, 5.41) is 9.70. The van der Waals surface area contributed by atoms with Crippen molar-refractivity contribution >= 4 is 46.1 Å². The van der Waals surface area contributed by atoms with E-state index in [1.165, 1.54) is 21.9 Å². The number of carbonyl (C=O) groups is 1. The van der Waals surface area contributed by atoms with Gasteiger partial charge < -0.3 is 9.64 Å². The second-order valence-corrected chi connectivity index (χ2v) is 11.0. The first-order chi connectivity index (χ1) is 17.2. The number of ether oxygens (including phenoxy) is 1. The summed E-state index contributed by atoms with van der Waals surface area (Å²) in [4.78, 5) is 30.6. The zero-order chi connectivity index (χ0) is 26.0. The highest BCUT2D eigenvalue weighted by Gasteiger charge is 2.33. The number of hydrogen-bond acceptors (Lipinski definition) is 7. The van der Waals surface area contributed by atoms with E-state index in [1.807, 2.05) is 32.0 Å². The molecule has 2 saturated heterocycles. The average Bonchev–Trinajstić information content (AvgIpc) is 3.10. The van der Waals surface area contributed by atoms with E-state index in [2.05, 4.69) is 23.1 Å². The molecule has 36 heavy (non-hydrogen) atoms. The van der Waals surface area contributed by atoms with E-state index in [9.17, 15) is 14.9 Å². The summed E-state index contributed by atoms with van der Waals surface area (Å²) in [6.45, 7) is 7.50. The SMILES string of the molecule is Cc1c(C=C2SC(=S)N(CCCc3ccccc3)C2=O)c(N2CC(C)OC(C)C2)n(C)c(=O)c1C#N. The van der Waals surface area contributed by atoms with Gasteiger partial charge in [-0.3, -0.25) is 19.1 Å². The molecular weight excluding hydrogens is 492 g/mol. The third kappa shape index (κ3) is 5.26. The molecule has 2 aromatic rings. The van der Waals surface area contributed by atoms with Crippen molar-refractivity contribution in [3.05, 3.63) is 67.8 Å². The summed E-state index contributed by atoms with van der Waals surface area (Å²) >= 11 is 6.82. The van der Waals surface area contributed by atoms with Gasteiger partial charge in [-0.1, -0.05) is 54.3 Å². The van der Waals surface area contributed by atoms with Gasteiger partial charge in [-0.15, -0.1) is 0 Å². The maximum Gasteiger partial charge on any atom is 0.270 e. The van der Waals surface area contributed by atoms with Crippen molar-refractivity contribution in [1.29, 1.82) is 5.26 Å². The Labute approximate surface area is 221 Å². The van der Waals surface area contributed by atoms with Crippen molar-refractivity contribution in [2.24, 2.45) is 7.05 Å². The van der Waals surface area contributed by atoms with Crippen LogP contribution in [0.25, 0.3) is 6.08 Å². The second-order valence-electron chi connectivity index (χ2n) is 9.30. The fourth-order valence-corrected chi connectivity index (χ4v) is 6.15. The quantitative estimate of drug-likeness (QED) is 0.419. The van der Waals surface area contributed by atoms with Crippen LogP contribution in [0.3, 0.4) is 0 Å². The number of hydrogen-bond donors (Lipinski definition) is 0. The number of anilines is 1. The highest BCUT2D eigenvalue weighted by Crippen LogP contribution is 2.36. The maximum absolute atomic E-state index is 13.4. The van der Waals surface area contributed by atoms with Crippen LogP contribution in [0.1, 0.15) is 42.5 Å². The molecule has 0 radical (unpaired) electrons. The van der Waals surface area contributed by atoms with Gasteiger partial charge in [-0.2, -0.15) is 5.26 Å². The zero-order valence-corrected chi connectivity index (χ0v) is 22.6. The minimum Gasteiger partial charge on any atom is -0.372 e. The van der Waals surface area contributed by atoms with Crippen molar-refractivity contribution in [1.82, 2.24) is 9.47 Å². The van der Waals surface area contributed by atoms with Crippen LogP contribution in [-0.2, 0) is 23.0 Å². The van der Waals surface area contributed by atoms with Gasteiger partial charge in [0, 0.05) is 32.2 Å². The Bertz CT molecular complexity index is 1300. The lowest BCUT2D eigenvalue weighted by Gasteiger charge is -2.38. The first-order valence-electron chi connectivity index (χ1n) is 12.0. The fourth-order valence-electron chi connectivity index (χ4n) is 4.85. The van der Waals surface area contributed by atoms with Gasteiger partial charge in [0.15, 0.2) is 0 Å². The molecule has 2 aliphatic rings. The molecule has 1 aromatic carbocycles. The molecule has 1 amide bonds. The number of aryl methyl sites for hydroxylation is 1. The van der Waals surface area contributed by atoms with Gasteiger partial charge >= 0.3 is 0 Å². The van der Waals surface area contributed by atoms with Crippen LogP contribution in [0.5, 0.6) is 0 Å². The van der Waals surface area contributed by atoms with Crippen molar-refractivity contribution in [2.45, 2.75) is 45.8 Å². The van der Waals surface area contributed by atoms with Crippen LogP contribution in [0.2, 0.25) is 0 Å². The molecule has 0 N–H and O–H groups in total. The Hall–Kier alpha value is -2.93. The summed E-state index contributed by atoms with van der Waals surface area (Å²) in [6.07, 6.45) is 3.42. The number of morpholine rings is 1. The van der Waals surface area contributed by atoms with Gasteiger partial charge in [0.1, 0.15) is 21.8 Å². The minimum absolute atomic E-state index is 0.0181. The summed E-state index contributed by atoms with van der Waals surface area (Å²) in [7, 11) is 1.68. The highest BCUT2D eigenvalue weighted by molar-refractivity contribution is 8.26. The normalized spacial score (nSPS) is 21.4. The van der Waals surface area contributed by atoms with E-state index >= 15 is 0 Å². The molecule has 3 heterocycles. The third-order valence-electron chi connectivity index (χ3n) is 6.53. The number of pyridine rings is 1. The van der Waals surface area contributed by atoms with Crippen molar-refractivity contribution in [2.75, 3.05) is 24.5 Å². The molecule has 188 valence electrons. The predicted octanol–water partition coefficient (Wildman–Crippen LogP) is 4.01. The van der Waals surface area contributed by atoms with Gasteiger partial charge in [0.25, 0.3) is 11.5 Å². The van der Waals surface area contributed by atoms with Gasteiger partial charge in [-0.25, -0.2) is 0 Å². The Morgan fingerprint density at radius 1 is 1.19 bits per heavy atom. The number of rotatable bonds is 6. The molecular formula is C27H30N4O3S2. The molecule has 2 atom stereocenters. The fraction of sp³-hybridized carbons (Fsp3) is 0.407. The van der Waals surface area contributed by atoms with Crippen LogP contribution >= 0.6 is 24.0 Å². The van der Waals surface area contributed by atoms with Crippen molar-refractivity contribution in [3.8, 4) is 6.07 Å². The zero-order valence-electron chi connectivity index (χ0n) is 21.0. The van der Waals surface area contributed by atoms with Gasteiger partial charge in [0.05, 0.1) is 17.1 Å². The van der Waals surface area contributed by atoms with Crippen molar-refractivity contribution in [3.63, 3.8) is 0 Å². The lowest BCUT2D eigenvalue weighted by atomic mass is 10.0. The van der Waals surface area contributed by atoms with Crippen LogP contribution in [0, 0.1) is 18.3 Å². The summed E-state index contributed by atoms with van der Waals surface area (Å²) in [6, 6.07) is 12.2. The number of thiocarbonyl (C=S) groups is 1. The third-order valence-corrected chi connectivity index (χ3v) is 7.90. The minimum atomic E-state index is -0.345. The standard InChI is InChI=1S/C27H30N4O3S2/c1-17-15-30(16-18(2)34-17)24-21(19(3)22(14-28)25(32)29(24)4)13-23-26(33)31(27(35)36-23)12-8-11-20-9-6-5-7-10-20/h5-7,9-10,13,17-18H,8,11-12,15-16H2,1-4H3. The lowest BCUT2D eigenvalue weighted by Crippen LogP contribution is -2.47. The molecule has 2 fully saturated rings. The number of aromatic nitrogens is 1. The predicted molar refractivity (Wildman–Crippen MR) is 148 cm³/mol. The number of thioether (sulfide) groups is 1. The number of benzene rings is 1. The number of amides is 1. The van der Waals surface area contributed by atoms with E-state index in [-0.39, 0.29) is 29.2 Å². The molecule has 9 heteroatoms. The monoisotopic (exact) mass is 522 g/mol. The molecule has 0 bridgehead atoms. The van der Waals surface area contributed by atoms with Crippen molar-refractivity contribution < 1.29 is 9.53 Å². The Morgan fingerprint density at radius 2 is 1.86 bits per heavy atom. The Kier molecular flexibility index (Phi) is 7.98. The molecule has 2 unspecified atom stereocenters. The molecule has 2 aliphatic heterocycles. The molecule has 0 spiro atoms. The van der Waals surface area contributed by atoms with Crippen LogP contribution in [-0.4, -0.2) is 51.5 Å². The van der Waals surface area contributed by atoms with Crippen LogP contribution in [0.15, 0.2) is 40.0 Å². The smallest absolute Gasteiger partial charge is 0.270 e. The van der Waals surface area contributed by atoms with Gasteiger partial charge in [0.2, 0.25) is 0 Å². The molecule has 4 rings (SSSR count). The first kappa shape index (κ1) is 26.1. The van der Waals surface area contributed by atoms with E-state index < -0.39 is 0 Å². The number of carbonyl (C=O) groups excluding carboxylic acids is 1. The van der Waals surface area contributed by atoms with Gasteiger partial charge in [-0.05, 0) is 50.8 Å². The Morgan fingerprint density at radius 3 is 2.50 bits per heavy atom. The van der Waals surface area contributed by atoms with E-state index in [0.29, 0.717) is 45.8 Å². The van der Waals surface area contributed by atoms with E-state index in [4.69, 9.17) is 17.0 Å². The summed E-state index contributed by atoms with van der Waals surface area (Å²) in [5.41, 5.74) is 2.22. The summed E-state index contributed by atoms with van der Waals surface area (Å²) in [5.74, 6) is 0.548. The summed E-state index contributed by atoms with van der Waals surface area (Å²) < 4.78 is 7.93. The second kappa shape index (κ2) is 11.0. The topological polar surface area (TPSA) is 78.6 Å². The maximum atomic E-state index is 13.4. The molecule has 1 aromatic heterocycles. The number of nitrogens with zero attached hydrogens (tertiary/aromatic N) is 4. The molecule has 0 aliphatic carbocycles. The van der Waals surface area contributed by atoms with Crippen LogP contribution < -0.4 is 10.5 Å². The largest absolute Gasteiger partial charge is 0.372 e. The Balaban J connectivity index is 1.67. The first-order valence-corrected chi connectivity index (χ1v) is 13.3. The number of nitriles is 1.